The molecule has 152 valence electrons. The first-order valence-electron chi connectivity index (χ1n) is 9.85. The number of pyridine rings is 1. The summed E-state index contributed by atoms with van der Waals surface area (Å²) in [5, 5.41) is 1.17. The molecule has 0 spiro atoms. The number of H-pyrrole nitrogens is 1. The topological polar surface area (TPSA) is 54.6 Å². The summed E-state index contributed by atoms with van der Waals surface area (Å²) < 4.78 is 24.9. The van der Waals surface area contributed by atoms with Crippen molar-refractivity contribution in [3.05, 3.63) is 75.5 Å². The molecule has 2 atom stereocenters. The number of hydrogen-bond acceptors (Lipinski definition) is 4. The quantitative estimate of drug-likeness (QED) is 0.697. The van der Waals surface area contributed by atoms with Crippen LogP contribution in [0.4, 0.5) is 4.39 Å². The highest BCUT2D eigenvalue weighted by atomic mass is 19.1. The molecule has 0 saturated heterocycles. The fraction of sp³-hybridized carbons (Fsp3) is 0.348. The zero-order valence-electron chi connectivity index (χ0n) is 16.9. The van der Waals surface area contributed by atoms with E-state index < -0.39 is 5.82 Å². The number of hydrogen-bond donors (Lipinski definition) is 1. The third kappa shape index (κ3) is 3.54. The Labute approximate surface area is 169 Å². The van der Waals surface area contributed by atoms with E-state index in [1.54, 1.807) is 13.2 Å². The normalized spacial score (nSPS) is 17.3. The number of ether oxygens (including phenoxy) is 2. The smallest absolute Gasteiger partial charge is 0.256 e. The molecule has 1 aliphatic rings. The van der Waals surface area contributed by atoms with E-state index in [9.17, 15) is 9.18 Å². The van der Waals surface area contributed by atoms with Gasteiger partial charge in [0.1, 0.15) is 11.6 Å². The Morgan fingerprint density at radius 1 is 1.24 bits per heavy atom. The molecule has 29 heavy (non-hydrogen) atoms. The minimum Gasteiger partial charge on any atom is -0.497 e. The van der Waals surface area contributed by atoms with Crippen molar-refractivity contribution < 1.29 is 13.9 Å². The second-order valence-corrected chi connectivity index (χ2v) is 7.35. The number of benzene rings is 2. The van der Waals surface area contributed by atoms with E-state index in [4.69, 9.17) is 9.47 Å². The molecule has 1 unspecified atom stereocenters. The van der Waals surface area contributed by atoms with Crippen LogP contribution in [0.25, 0.3) is 10.8 Å². The molecule has 0 radical (unpaired) electrons. The zero-order valence-corrected chi connectivity index (χ0v) is 16.9. The number of rotatable bonds is 5. The Bertz CT molecular complexity index is 1080. The Morgan fingerprint density at radius 3 is 2.69 bits per heavy atom. The van der Waals surface area contributed by atoms with Crippen LogP contribution >= 0.6 is 0 Å². The first-order valence-corrected chi connectivity index (χ1v) is 9.85. The van der Waals surface area contributed by atoms with Gasteiger partial charge in [-0.15, -0.1) is 0 Å². The summed E-state index contributed by atoms with van der Waals surface area (Å²) >= 11 is 0. The Morgan fingerprint density at radius 2 is 2.00 bits per heavy atom. The van der Waals surface area contributed by atoms with Crippen molar-refractivity contribution in [1.82, 2.24) is 9.88 Å². The first kappa shape index (κ1) is 19.6. The second kappa shape index (κ2) is 7.97. The second-order valence-electron chi connectivity index (χ2n) is 7.35. The predicted molar refractivity (Wildman–Crippen MR) is 111 cm³/mol. The van der Waals surface area contributed by atoms with Crippen molar-refractivity contribution in [3.8, 4) is 5.75 Å². The molecule has 0 amide bonds. The van der Waals surface area contributed by atoms with E-state index in [0.717, 1.165) is 28.9 Å². The number of methoxy groups -OCH3 is 1. The minimum absolute atomic E-state index is 0.0503. The summed E-state index contributed by atoms with van der Waals surface area (Å²) in [4.78, 5) is 17.7. The molecule has 0 bridgehead atoms. The molecule has 1 aromatic heterocycles. The standard InChI is InChI=1S/C23H25FN2O3/c1-4-26(14(2)15-5-8-17(28-3)9-6-15)21-13-29-12-20-22(21)18-10-7-16(24)11-19(18)23(27)25-20/h5-11,14,21H,4,12-13H2,1-3H3,(H,25,27)/t14?,21-/m1/s1. The van der Waals surface area contributed by atoms with E-state index in [-0.39, 0.29) is 17.6 Å². The average Bonchev–Trinajstić information content (AvgIpc) is 2.74. The lowest BCUT2D eigenvalue weighted by molar-refractivity contribution is 0.0173. The lowest BCUT2D eigenvalue weighted by Gasteiger charge is -2.39. The largest absolute Gasteiger partial charge is 0.497 e. The fourth-order valence-electron chi connectivity index (χ4n) is 4.32. The molecule has 0 fully saturated rings. The van der Waals surface area contributed by atoms with Crippen molar-refractivity contribution in [2.45, 2.75) is 32.5 Å². The van der Waals surface area contributed by atoms with E-state index in [1.807, 2.05) is 12.1 Å². The molecular formula is C23H25FN2O3. The number of aromatic amines is 1. The summed E-state index contributed by atoms with van der Waals surface area (Å²) in [6.45, 7) is 5.93. The maximum absolute atomic E-state index is 13.8. The van der Waals surface area contributed by atoms with Crippen LogP contribution in [-0.4, -0.2) is 30.1 Å². The van der Waals surface area contributed by atoms with Crippen LogP contribution < -0.4 is 10.3 Å². The first-order chi connectivity index (χ1) is 14.0. The number of halogens is 1. The van der Waals surface area contributed by atoms with Crippen molar-refractivity contribution in [1.29, 1.82) is 0 Å². The fourth-order valence-corrected chi connectivity index (χ4v) is 4.32. The number of nitrogens with one attached hydrogen (secondary N) is 1. The van der Waals surface area contributed by atoms with Gasteiger partial charge in [-0.2, -0.15) is 0 Å². The molecule has 2 heterocycles. The summed E-state index contributed by atoms with van der Waals surface area (Å²) in [5.74, 6) is 0.409. The van der Waals surface area contributed by atoms with Gasteiger partial charge in [0, 0.05) is 17.3 Å². The Hall–Kier alpha value is -2.70. The van der Waals surface area contributed by atoms with Gasteiger partial charge in [0.15, 0.2) is 0 Å². The van der Waals surface area contributed by atoms with Crippen molar-refractivity contribution >= 4 is 10.8 Å². The SMILES string of the molecule is CCN(C(C)c1ccc(OC)cc1)[C@@H]1COCc2[nH]c(=O)c3cc(F)ccc3c21. The molecule has 2 aromatic carbocycles. The summed E-state index contributed by atoms with van der Waals surface area (Å²) in [5.41, 5.74) is 2.67. The van der Waals surface area contributed by atoms with Gasteiger partial charge in [-0.1, -0.05) is 25.1 Å². The lowest BCUT2D eigenvalue weighted by atomic mass is 9.93. The van der Waals surface area contributed by atoms with Crippen molar-refractivity contribution in [2.24, 2.45) is 0 Å². The van der Waals surface area contributed by atoms with Gasteiger partial charge in [-0.3, -0.25) is 9.69 Å². The maximum atomic E-state index is 13.8. The molecule has 1 aliphatic heterocycles. The molecule has 6 heteroatoms. The lowest BCUT2D eigenvalue weighted by Crippen LogP contribution is -2.37. The summed E-state index contributed by atoms with van der Waals surface area (Å²) in [6, 6.07) is 12.6. The van der Waals surface area contributed by atoms with Crippen LogP contribution in [0.3, 0.4) is 0 Å². The summed E-state index contributed by atoms with van der Waals surface area (Å²) in [6.07, 6.45) is 0. The van der Waals surface area contributed by atoms with Crippen LogP contribution in [0, 0.1) is 5.82 Å². The third-order valence-corrected chi connectivity index (χ3v) is 5.82. The molecule has 3 aromatic rings. The van der Waals surface area contributed by atoms with Gasteiger partial charge < -0.3 is 14.5 Å². The van der Waals surface area contributed by atoms with Gasteiger partial charge in [0.2, 0.25) is 0 Å². The molecular weight excluding hydrogens is 371 g/mol. The number of likely N-dealkylation sites (N-methyl/N-ethyl adjacent to an activating group) is 1. The van der Waals surface area contributed by atoms with Gasteiger partial charge in [-0.05, 0) is 48.7 Å². The maximum Gasteiger partial charge on any atom is 0.256 e. The zero-order chi connectivity index (χ0) is 20.5. The highest BCUT2D eigenvalue weighted by Crippen LogP contribution is 2.37. The average molecular weight is 396 g/mol. The van der Waals surface area contributed by atoms with Crippen LogP contribution in [0.5, 0.6) is 5.75 Å². The monoisotopic (exact) mass is 396 g/mol. The Kier molecular flexibility index (Phi) is 5.39. The Balaban J connectivity index is 1.80. The van der Waals surface area contributed by atoms with E-state index in [0.29, 0.717) is 18.6 Å². The third-order valence-electron chi connectivity index (χ3n) is 5.82. The highest BCUT2D eigenvalue weighted by molar-refractivity contribution is 5.86. The van der Waals surface area contributed by atoms with Crippen LogP contribution in [0.15, 0.2) is 47.3 Å². The molecule has 0 saturated carbocycles. The van der Waals surface area contributed by atoms with Crippen LogP contribution in [0.2, 0.25) is 0 Å². The van der Waals surface area contributed by atoms with Gasteiger partial charge >= 0.3 is 0 Å². The highest BCUT2D eigenvalue weighted by Gasteiger charge is 2.32. The number of fused-ring (bicyclic) bond motifs is 3. The van der Waals surface area contributed by atoms with Gasteiger partial charge in [-0.25, -0.2) is 4.39 Å². The molecule has 0 aliphatic carbocycles. The van der Waals surface area contributed by atoms with Gasteiger partial charge in [0.25, 0.3) is 5.56 Å². The molecule has 1 N–H and O–H groups in total. The van der Waals surface area contributed by atoms with E-state index in [2.05, 4.69) is 35.9 Å². The van der Waals surface area contributed by atoms with Crippen LogP contribution in [-0.2, 0) is 11.3 Å². The number of nitrogens with zero attached hydrogens (tertiary/aromatic N) is 1. The van der Waals surface area contributed by atoms with Crippen LogP contribution in [0.1, 0.15) is 42.8 Å². The van der Waals surface area contributed by atoms with E-state index in [1.165, 1.54) is 17.7 Å². The molecule has 4 rings (SSSR count). The summed E-state index contributed by atoms with van der Waals surface area (Å²) in [7, 11) is 1.65. The van der Waals surface area contributed by atoms with Gasteiger partial charge in [0.05, 0.1) is 31.8 Å². The number of aromatic nitrogens is 1. The van der Waals surface area contributed by atoms with Crippen molar-refractivity contribution in [2.75, 3.05) is 20.3 Å². The van der Waals surface area contributed by atoms with Crippen molar-refractivity contribution in [3.63, 3.8) is 0 Å². The van der Waals surface area contributed by atoms with E-state index >= 15 is 0 Å². The minimum atomic E-state index is -0.412. The molecule has 5 nitrogen and oxygen atoms in total. The predicted octanol–water partition coefficient (Wildman–Crippen LogP) is 4.33.